The van der Waals surface area contributed by atoms with Crippen LogP contribution in [0.25, 0.3) is 0 Å². The summed E-state index contributed by atoms with van der Waals surface area (Å²) in [5.74, 6) is 0. The van der Waals surface area contributed by atoms with Crippen molar-refractivity contribution in [3.8, 4) is 0 Å². The van der Waals surface area contributed by atoms with Gasteiger partial charge in [0.2, 0.25) is 0 Å². The first-order valence-electron chi connectivity index (χ1n) is 4.70. The zero-order valence-electron chi connectivity index (χ0n) is 9.62. The molecular formula is C7H16Cl2O6P2. The molecule has 0 fully saturated rings. The summed E-state index contributed by atoms with van der Waals surface area (Å²) in [6.45, 7) is 4.78. The van der Waals surface area contributed by atoms with Crippen molar-refractivity contribution in [2.24, 2.45) is 0 Å². The SMILES string of the molecule is CC(Cl)OP(O)OCC(C)OP(O)OC(C)Cl. The van der Waals surface area contributed by atoms with Crippen molar-refractivity contribution in [3.05, 3.63) is 0 Å². The summed E-state index contributed by atoms with van der Waals surface area (Å²) in [6, 6.07) is 0. The van der Waals surface area contributed by atoms with E-state index < -0.39 is 34.4 Å². The molecule has 0 aliphatic heterocycles. The van der Waals surface area contributed by atoms with Gasteiger partial charge in [0.05, 0.1) is 12.7 Å². The van der Waals surface area contributed by atoms with Crippen molar-refractivity contribution in [1.29, 1.82) is 0 Å². The van der Waals surface area contributed by atoms with E-state index in [1.165, 1.54) is 0 Å². The van der Waals surface area contributed by atoms with Gasteiger partial charge in [-0.3, -0.25) is 9.05 Å². The quantitative estimate of drug-likeness (QED) is 0.500. The summed E-state index contributed by atoms with van der Waals surface area (Å²) >= 11 is 11.0. The van der Waals surface area contributed by atoms with Gasteiger partial charge in [-0.05, 0) is 20.8 Å². The van der Waals surface area contributed by atoms with E-state index in [2.05, 4.69) is 0 Å². The number of halogens is 2. The number of hydrogen-bond donors (Lipinski definition) is 2. The summed E-state index contributed by atoms with van der Waals surface area (Å²) in [5.41, 5.74) is -1.28. The third-order valence-corrected chi connectivity index (χ3v) is 3.49. The van der Waals surface area contributed by atoms with Crippen LogP contribution in [-0.4, -0.2) is 33.6 Å². The minimum absolute atomic E-state index is 0.0330. The van der Waals surface area contributed by atoms with Gasteiger partial charge in [0.15, 0.2) is 0 Å². The Morgan fingerprint density at radius 2 is 1.41 bits per heavy atom. The molecule has 104 valence electrons. The van der Waals surface area contributed by atoms with E-state index >= 15 is 0 Å². The Morgan fingerprint density at radius 1 is 0.941 bits per heavy atom. The molecule has 0 amide bonds. The average Bonchev–Trinajstić information content (AvgIpc) is 2.12. The minimum atomic E-state index is -2.06. The Bertz CT molecular complexity index is 199. The van der Waals surface area contributed by atoms with Crippen LogP contribution in [0, 0.1) is 0 Å². The number of rotatable bonds is 9. The molecule has 5 unspecified atom stereocenters. The highest BCUT2D eigenvalue weighted by Crippen LogP contribution is 2.39. The van der Waals surface area contributed by atoms with Crippen molar-refractivity contribution in [1.82, 2.24) is 0 Å². The minimum Gasteiger partial charge on any atom is -0.328 e. The van der Waals surface area contributed by atoms with Gasteiger partial charge in [-0.15, -0.1) is 0 Å². The van der Waals surface area contributed by atoms with Crippen molar-refractivity contribution < 1.29 is 27.9 Å². The van der Waals surface area contributed by atoms with Crippen LogP contribution in [0.15, 0.2) is 0 Å². The van der Waals surface area contributed by atoms with Crippen LogP contribution in [0.3, 0.4) is 0 Å². The predicted molar refractivity (Wildman–Crippen MR) is 67.6 cm³/mol. The highest BCUT2D eigenvalue weighted by atomic mass is 35.5. The number of alkyl halides is 2. The van der Waals surface area contributed by atoms with Gasteiger partial charge in [-0.25, -0.2) is 0 Å². The standard InChI is InChI=1S/C7H16Cl2O6P2/c1-5(13-17(11)15-7(3)9)4-12-16(10)14-6(2)8/h5-7,10-11H,4H2,1-3H3. The van der Waals surface area contributed by atoms with Gasteiger partial charge < -0.3 is 18.8 Å². The molecule has 0 radical (unpaired) electrons. The molecule has 0 aromatic rings. The summed E-state index contributed by atoms with van der Waals surface area (Å²) < 4.78 is 19.5. The molecule has 0 aliphatic carbocycles. The Kier molecular flexibility index (Phi) is 10.8. The molecule has 0 spiro atoms. The first-order valence-corrected chi connectivity index (χ1v) is 7.84. The average molecular weight is 329 g/mol. The van der Waals surface area contributed by atoms with Crippen molar-refractivity contribution in [3.63, 3.8) is 0 Å². The molecule has 0 aromatic heterocycles. The van der Waals surface area contributed by atoms with E-state index in [0.717, 1.165) is 0 Å². The fourth-order valence-electron chi connectivity index (χ4n) is 0.657. The lowest BCUT2D eigenvalue weighted by molar-refractivity contribution is 0.0933. The van der Waals surface area contributed by atoms with E-state index in [9.17, 15) is 9.79 Å². The molecule has 2 N–H and O–H groups in total. The molecule has 0 heterocycles. The Labute approximate surface area is 113 Å². The van der Waals surface area contributed by atoms with Crippen molar-refractivity contribution in [2.45, 2.75) is 38.0 Å². The lowest BCUT2D eigenvalue weighted by Crippen LogP contribution is -2.14. The zero-order valence-corrected chi connectivity index (χ0v) is 12.9. The molecule has 0 bridgehead atoms. The van der Waals surface area contributed by atoms with Gasteiger partial charge in [0, 0.05) is 0 Å². The van der Waals surface area contributed by atoms with Crippen LogP contribution in [-0.2, 0) is 18.1 Å². The van der Waals surface area contributed by atoms with E-state index in [1.54, 1.807) is 20.8 Å². The van der Waals surface area contributed by atoms with Crippen LogP contribution < -0.4 is 0 Å². The summed E-state index contributed by atoms with van der Waals surface area (Å²) in [7, 11) is -4.11. The molecule has 0 rings (SSSR count). The lowest BCUT2D eigenvalue weighted by atomic mass is 10.5. The molecule has 0 saturated heterocycles. The zero-order chi connectivity index (χ0) is 13.4. The summed E-state index contributed by atoms with van der Waals surface area (Å²) in [4.78, 5) is 18.5. The van der Waals surface area contributed by atoms with Gasteiger partial charge in [0.1, 0.15) is 11.1 Å². The van der Waals surface area contributed by atoms with Crippen LogP contribution in [0.5, 0.6) is 0 Å². The lowest BCUT2D eigenvalue weighted by Gasteiger charge is -2.18. The second kappa shape index (κ2) is 10.0. The van der Waals surface area contributed by atoms with Gasteiger partial charge in [-0.2, -0.15) is 0 Å². The first kappa shape index (κ1) is 18.2. The fraction of sp³-hybridized carbons (Fsp3) is 1.00. The fourth-order valence-corrected chi connectivity index (χ4v) is 2.38. The van der Waals surface area contributed by atoms with E-state index in [0.29, 0.717) is 0 Å². The molecule has 6 nitrogen and oxygen atoms in total. The van der Waals surface area contributed by atoms with Crippen molar-refractivity contribution >= 4 is 40.4 Å². The van der Waals surface area contributed by atoms with Crippen molar-refractivity contribution in [2.75, 3.05) is 6.61 Å². The van der Waals surface area contributed by atoms with Crippen LogP contribution in [0.2, 0.25) is 0 Å². The summed E-state index contributed by atoms with van der Waals surface area (Å²) in [5, 5.41) is 0. The number of hydrogen-bond acceptors (Lipinski definition) is 6. The highest BCUT2D eigenvalue weighted by molar-refractivity contribution is 7.41. The molecular weight excluding hydrogens is 313 g/mol. The van der Waals surface area contributed by atoms with Crippen LogP contribution >= 0.6 is 40.4 Å². The molecule has 17 heavy (non-hydrogen) atoms. The topological polar surface area (TPSA) is 77.4 Å². The Morgan fingerprint density at radius 3 is 1.88 bits per heavy atom. The Balaban J connectivity index is 3.67. The van der Waals surface area contributed by atoms with E-state index in [4.69, 9.17) is 41.3 Å². The monoisotopic (exact) mass is 328 g/mol. The molecule has 0 aliphatic rings. The summed E-state index contributed by atoms with van der Waals surface area (Å²) in [6.07, 6.45) is -0.479. The maximum Gasteiger partial charge on any atom is 0.331 e. The molecule has 0 aromatic carbocycles. The third-order valence-electron chi connectivity index (χ3n) is 1.16. The van der Waals surface area contributed by atoms with Gasteiger partial charge in [0.25, 0.3) is 0 Å². The smallest absolute Gasteiger partial charge is 0.328 e. The Hall–Kier alpha value is 1.20. The van der Waals surface area contributed by atoms with E-state index in [-0.39, 0.29) is 6.61 Å². The largest absolute Gasteiger partial charge is 0.331 e. The van der Waals surface area contributed by atoms with Crippen LogP contribution in [0.1, 0.15) is 20.8 Å². The first-order chi connectivity index (χ1) is 7.81. The molecule has 0 saturated carbocycles. The second-order valence-corrected chi connectivity index (χ2v) is 6.06. The maximum atomic E-state index is 9.27. The molecule has 10 heteroatoms. The highest BCUT2D eigenvalue weighted by Gasteiger charge is 2.17. The van der Waals surface area contributed by atoms with Crippen LogP contribution in [0.4, 0.5) is 0 Å². The van der Waals surface area contributed by atoms with Gasteiger partial charge in [-0.1, -0.05) is 23.2 Å². The van der Waals surface area contributed by atoms with Gasteiger partial charge >= 0.3 is 17.2 Å². The molecule has 5 atom stereocenters. The normalized spacial score (nSPS) is 20.6. The maximum absolute atomic E-state index is 9.27. The predicted octanol–water partition coefficient (Wildman–Crippen LogP) is 3.05. The third kappa shape index (κ3) is 12.0. The second-order valence-electron chi connectivity index (χ2n) is 2.98. The van der Waals surface area contributed by atoms with E-state index in [1.807, 2.05) is 0 Å².